The van der Waals surface area contributed by atoms with E-state index in [-0.39, 0.29) is 11.9 Å². The van der Waals surface area contributed by atoms with Crippen molar-refractivity contribution in [2.24, 2.45) is 0 Å². The summed E-state index contributed by atoms with van der Waals surface area (Å²) in [4.78, 5) is 22.1. The summed E-state index contributed by atoms with van der Waals surface area (Å²) >= 11 is 0. The molecule has 1 saturated heterocycles. The number of hydrogen-bond acceptors (Lipinski definition) is 3. The number of nitrogens with zero attached hydrogens (tertiary/aromatic N) is 3. The topological polar surface area (TPSA) is 36.4 Å². The number of pyridine rings is 1. The molecule has 4 nitrogen and oxygen atoms in total. The van der Waals surface area contributed by atoms with Gasteiger partial charge in [0.05, 0.1) is 17.1 Å². The lowest BCUT2D eigenvalue weighted by Crippen LogP contribution is -2.49. The number of piperazine rings is 1. The summed E-state index contributed by atoms with van der Waals surface area (Å²) in [6.07, 6.45) is 1.73. The fourth-order valence-corrected chi connectivity index (χ4v) is 3.56. The highest BCUT2D eigenvalue weighted by Gasteiger charge is 2.31. The van der Waals surface area contributed by atoms with E-state index in [1.807, 2.05) is 53.4 Å². The van der Waals surface area contributed by atoms with Crippen molar-refractivity contribution in [1.29, 1.82) is 0 Å². The highest BCUT2D eigenvalue weighted by molar-refractivity contribution is 6.06. The number of carbonyl (C=O) groups excluding carboxylic acids is 1. The van der Waals surface area contributed by atoms with Crippen LogP contribution in [0.4, 0.5) is 0 Å². The Kier molecular flexibility index (Phi) is 4.20. The Bertz CT molecular complexity index is 889. The van der Waals surface area contributed by atoms with E-state index < -0.39 is 0 Å². The molecule has 3 aromatic rings. The quantitative estimate of drug-likeness (QED) is 0.722. The molecule has 4 heteroatoms. The van der Waals surface area contributed by atoms with Gasteiger partial charge in [0.25, 0.3) is 5.91 Å². The summed E-state index contributed by atoms with van der Waals surface area (Å²) in [6, 6.07) is 20.0. The second-order valence-electron chi connectivity index (χ2n) is 6.56. The Balaban J connectivity index is 1.74. The second-order valence-corrected chi connectivity index (χ2v) is 6.56. The zero-order chi connectivity index (χ0) is 17.2. The van der Waals surface area contributed by atoms with E-state index in [0.29, 0.717) is 0 Å². The van der Waals surface area contributed by atoms with Crippen molar-refractivity contribution < 1.29 is 4.79 Å². The minimum absolute atomic E-state index is 0.0689. The van der Waals surface area contributed by atoms with Gasteiger partial charge in [-0.15, -0.1) is 0 Å². The second kappa shape index (κ2) is 6.65. The average molecular weight is 331 g/mol. The summed E-state index contributed by atoms with van der Waals surface area (Å²) in [5.41, 5.74) is 2.77. The first-order chi connectivity index (χ1) is 12.2. The normalized spacial score (nSPS) is 18.4. The van der Waals surface area contributed by atoms with Gasteiger partial charge in [-0.1, -0.05) is 48.5 Å². The molecule has 0 aliphatic carbocycles. The van der Waals surface area contributed by atoms with Crippen LogP contribution in [0.1, 0.15) is 22.0 Å². The first kappa shape index (κ1) is 15.8. The molecule has 1 amide bonds. The van der Waals surface area contributed by atoms with Crippen LogP contribution in [0.25, 0.3) is 10.9 Å². The summed E-state index contributed by atoms with van der Waals surface area (Å²) in [5.74, 6) is 0.0838. The number of aromatic nitrogens is 1. The Morgan fingerprint density at radius 2 is 1.76 bits per heavy atom. The van der Waals surface area contributed by atoms with E-state index in [9.17, 15) is 4.79 Å². The van der Waals surface area contributed by atoms with Gasteiger partial charge in [-0.2, -0.15) is 0 Å². The molecule has 1 unspecified atom stereocenters. The van der Waals surface area contributed by atoms with Crippen LogP contribution in [-0.4, -0.2) is 47.4 Å². The summed E-state index contributed by atoms with van der Waals surface area (Å²) in [6.45, 7) is 2.46. The summed E-state index contributed by atoms with van der Waals surface area (Å²) in [7, 11) is 2.11. The van der Waals surface area contributed by atoms with Crippen molar-refractivity contribution in [2.75, 3.05) is 26.7 Å². The standard InChI is InChI=1S/C21H21N3O/c1-23-13-14-24(20(15-23)16-7-3-2-4-8-16)21(25)18-11-12-22-19-10-6-5-9-17(18)19/h2-12,20H,13-15H2,1H3. The van der Waals surface area contributed by atoms with E-state index in [1.165, 1.54) is 5.56 Å². The number of rotatable bonds is 2. The SMILES string of the molecule is CN1CCN(C(=O)c2ccnc3ccccc23)C(c2ccccc2)C1. The summed E-state index contributed by atoms with van der Waals surface area (Å²) < 4.78 is 0. The molecule has 0 bridgehead atoms. The molecule has 2 heterocycles. The van der Waals surface area contributed by atoms with Gasteiger partial charge in [-0.25, -0.2) is 0 Å². The largest absolute Gasteiger partial charge is 0.329 e. The molecular formula is C21H21N3O. The molecule has 0 N–H and O–H groups in total. The van der Waals surface area contributed by atoms with Crippen molar-refractivity contribution in [3.63, 3.8) is 0 Å². The van der Waals surface area contributed by atoms with Gasteiger partial charge in [0, 0.05) is 31.2 Å². The zero-order valence-corrected chi connectivity index (χ0v) is 14.3. The molecule has 0 spiro atoms. The molecule has 1 aromatic heterocycles. The molecular weight excluding hydrogens is 310 g/mol. The Hall–Kier alpha value is -2.72. The van der Waals surface area contributed by atoms with Gasteiger partial charge >= 0.3 is 0 Å². The molecule has 1 atom stereocenters. The molecule has 25 heavy (non-hydrogen) atoms. The van der Waals surface area contributed by atoms with E-state index >= 15 is 0 Å². The molecule has 2 aromatic carbocycles. The van der Waals surface area contributed by atoms with Gasteiger partial charge in [-0.3, -0.25) is 9.78 Å². The van der Waals surface area contributed by atoms with Gasteiger partial charge in [-0.05, 0) is 24.7 Å². The third-order valence-corrected chi connectivity index (χ3v) is 4.91. The number of para-hydroxylation sites is 1. The fourth-order valence-electron chi connectivity index (χ4n) is 3.56. The van der Waals surface area contributed by atoms with Crippen LogP contribution in [0.5, 0.6) is 0 Å². The van der Waals surface area contributed by atoms with Crippen LogP contribution in [-0.2, 0) is 0 Å². The monoisotopic (exact) mass is 331 g/mol. The maximum absolute atomic E-state index is 13.4. The predicted octanol–water partition coefficient (Wildman–Crippen LogP) is 3.36. The smallest absolute Gasteiger partial charge is 0.255 e. The first-order valence-corrected chi connectivity index (χ1v) is 8.62. The molecule has 1 aliphatic heterocycles. The highest BCUT2D eigenvalue weighted by Crippen LogP contribution is 2.28. The maximum atomic E-state index is 13.4. The molecule has 126 valence electrons. The van der Waals surface area contributed by atoms with E-state index in [4.69, 9.17) is 0 Å². The number of fused-ring (bicyclic) bond motifs is 1. The fraction of sp³-hybridized carbons (Fsp3) is 0.238. The third-order valence-electron chi connectivity index (χ3n) is 4.91. The van der Waals surface area contributed by atoms with Crippen LogP contribution in [0.15, 0.2) is 66.9 Å². The van der Waals surface area contributed by atoms with E-state index in [2.05, 4.69) is 29.1 Å². The third kappa shape index (κ3) is 3.01. The van der Waals surface area contributed by atoms with E-state index in [1.54, 1.807) is 6.20 Å². The molecule has 0 radical (unpaired) electrons. The van der Waals surface area contributed by atoms with Crippen LogP contribution in [0, 0.1) is 0 Å². The minimum Gasteiger partial charge on any atom is -0.329 e. The lowest BCUT2D eigenvalue weighted by Gasteiger charge is -2.40. The Labute approximate surface area is 147 Å². The number of hydrogen-bond donors (Lipinski definition) is 0. The average Bonchev–Trinajstić information content (AvgIpc) is 2.67. The van der Waals surface area contributed by atoms with Crippen LogP contribution in [0.2, 0.25) is 0 Å². The van der Waals surface area contributed by atoms with Gasteiger partial charge in [0.15, 0.2) is 0 Å². The number of carbonyl (C=O) groups is 1. The maximum Gasteiger partial charge on any atom is 0.255 e. The lowest BCUT2D eigenvalue weighted by molar-refractivity contribution is 0.0500. The number of benzene rings is 2. The van der Waals surface area contributed by atoms with Gasteiger partial charge in [0.1, 0.15) is 0 Å². The number of likely N-dealkylation sites (N-methyl/N-ethyl adjacent to an activating group) is 1. The van der Waals surface area contributed by atoms with E-state index in [0.717, 1.165) is 36.1 Å². The Morgan fingerprint density at radius 3 is 2.60 bits per heavy atom. The Morgan fingerprint density at radius 1 is 1.00 bits per heavy atom. The predicted molar refractivity (Wildman–Crippen MR) is 99.5 cm³/mol. The van der Waals surface area contributed by atoms with Crippen LogP contribution >= 0.6 is 0 Å². The van der Waals surface area contributed by atoms with Crippen molar-refractivity contribution in [2.45, 2.75) is 6.04 Å². The molecule has 0 saturated carbocycles. The zero-order valence-electron chi connectivity index (χ0n) is 14.3. The minimum atomic E-state index is 0.0689. The van der Waals surface area contributed by atoms with Crippen molar-refractivity contribution >= 4 is 16.8 Å². The van der Waals surface area contributed by atoms with Gasteiger partial charge < -0.3 is 9.80 Å². The lowest BCUT2D eigenvalue weighted by atomic mass is 10.0. The number of amides is 1. The van der Waals surface area contributed by atoms with Gasteiger partial charge in [0.2, 0.25) is 0 Å². The van der Waals surface area contributed by atoms with Crippen LogP contribution in [0.3, 0.4) is 0 Å². The van der Waals surface area contributed by atoms with Crippen molar-refractivity contribution in [3.05, 3.63) is 78.0 Å². The molecule has 4 rings (SSSR count). The van der Waals surface area contributed by atoms with Crippen molar-refractivity contribution in [1.82, 2.24) is 14.8 Å². The first-order valence-electron chi connectivity index (χ1n) is 8.62. The van der Waals surface area contributed by atoms with Crippen LogP contribution < -0.4 is 0 Å². The van der Waals surface area contributed by atoms with Crippen molar-refractivity contribution in [3.8, 4) is 0 Å². The molecule has 1 aliphatic rings. The molecule has 1 fully saturated rings. The summed E-state index contributed by atoms with van der Waals surface area (Å²) in [5, 5.41) is 0.917. The highest BCUT2D eigenvalue weighted by atomic mass is 16.2.